The molecule has 7 nitrogen and oxygen atoms in total. The van der Waals surface area contributed by atoms with Gasteiger partial charge in [0.15, 0.2) is 0 Å². The van der Waals surface area contributed by atoms with E-state index in [1.54, 1.807) is 12.0 Å². The minimum atomic E-state index is -0.195. The Morgan fingerprint density at radius 3 is 2.74 bits per heavy atom. The number of ether oxygens (including phenoxy) is 1. The van der Waals surface area contributed by atoms with Gasteiger partial charge >= 0.3 is 0 Å². The second-order valence-electron chi connectivity index (χ2n) is 5.68. The first kappa shape index (κ1) is 19.0. The molecule has 128 valence electrons. The maximum absolute atomic E-state index is 12.5. The van der Waals surface area contributed by atoms with Crippen LogP contribution in [0.15, 0.2) is 18.6 Å². The Balaban J connectivity index is 2.51. The topological polar surface area (TPSA) is 84.4 Å². The molecule has 0 aliphatic rings. The van der Waals surface area contributed by atoms with Gasteiger partial charge in [0.1, 0.15) is 5.69 Å². The summed E-state index contributed by atoms with van der Waals surface area (Å²) in [7, 11) is 1.63. The van der Waals surface area contributed by atoms with E-state index in [2.05, 4.69) is 15.3 Å². The first-order valence-electron chi connectivity index (χ1n) is 7.85. The molecule has 0 aliphatic carbocycles. The van der Waals surface area contributed by atoms with Gasteiger partial charge in [0.2, 0.25) is 5.91 Å². The lowest BCUT2D eigenvalue weighted by molar-refractivity contribution is -0.121. The third-order valence-corrected chi connectivity index (χ3v) is 3.11. The van der Waals surface area contributed by atoms with Crippen LogP contribution in [0.3, 0.4) is 0 Å². The Labute approximate surface area is 137 Å². The van der Waals surface area contributed by atoms with Crippen molar-refractivity contribution in [3.8, 4) is 0 Å². The van der Waals surface area contributed by atoms with E-state index in [0.29, 0.717) is 37.9 Å². The second-order valence-corrected chi connectivity index (χ2v) is 5.68. The lowest BCUT2D eigenvalue weighted by Gasteiger charge is -2.24. The van der Waals surface area contributed by atoms with Crippen molar-refractivity contribution >= 4 is 11.8 Å². The highest BCUT2D eigenvalue weighted by atomic mass is 16.5. The highest BCUT2D eigenvalue weighted by Gasteiger charge is 2.19. The Hall–Kier alpha value is -2.02. The molecule has 1 rings (SSSR count). The van der Waals surface area contributed by atoms with Crippen molar-refractivity contribution in [3.05, 3.63) is 24.3 Å². The molecule has 0 fully saturated rings. The maximum atomic E-state index is 12.5. The van der Waals surface area contributed by atoms with E-state index >= 15 is 0 Å². The van der Waals surface area contributed by atoms with Crippen LogP contribution in [0, 0.1) is 5.92 Å². The lowest BCUT2D eigenvalue weighted by atomic mass is 10.2. The van der Waals surface area contributed by atoms with Crippen molar-refractivity contribution in [1.29, 1.82) is 0 Å². The van der Waals surface area contributed by atoms with Crippen LogP contribution in [-0.2, 0) is 9.53 Å². The Morgan fingerprint density at radius 2 is 2.13 bits per heavy atom. The van der Waals surface area contributed by atoms with Gasteiger partial charge < -0.3 is 15.0 Å². The number of carbonyl (C=O) groups is 2. The Bertz CT molecular complexity index is 479. The van der Waals surface area contributed by atoms with Crippen molar-refractivity contribution in [2.24, 2.45) is 5.92 Å². The summed E-state index contributed by atoms with van der Waals surface area (Å²) in [5.41, 5.74) is 0.300. The molecular weight excluding hydrogens is 296 g/mol. The predicted octanol–water partition coefficient (Wildman–Crippen LogP) is 1.12. The number of aromatic nitrogens is 2. The number of hydrogen-bond donors (Lipinski definition) is 1. The van der Waals surface area contributed by atoms with Gasteiger partial charge in [-0.15, -0.1) is 0 Å². The first-order chi connectivity index (χ1) is 11.0. The molecule has 0 atom stereocenters. The zero-order valence-electron chi connectivity index (χ0n) is 14.1. The van der Waals surface area contributed by atoms with Crippen LogP contribution in [0.5, 0.6) is 0 Å². The third kappa shape index (κ3) is 7.69. The highest BCUT2D eigenvalue weighted by Crippen LogP contribution is 2.06. The molecule has 0 saturated carbocycles. The van der Waals surface area contributed by atoms with Crippen LogP contribution in [0.2, 0.25) is 0 Å². The quantitative estimate of drug-likeness (QED) is 0.653. The van der Waals surface area contributed by atoms with E-state index in [4.69, 9.17) is 4.74 Å². The summed E-state index contributed by atoms with van der Waals surface area (Å²) < 4.78 is 4.93. The van der Waals surface area contributed by atoms with Crippen molar-refractivity contribution in [2.75, 3.05) is 33.4 Å². The van der Waals surface area contributed by atoms with E-state index in [1.165, 1.54) is 18.6 Å². The smallest absolute Gasteiger partial charge is 0.274 e. The monoisotopic (exact) mass is 322 g/mol. The molecule has 2 amide bonds. The Morgan fingerprint density at radius 1 is 1.35 bits per heavy atom. The number of amides is 2. The maximum Gasteiger partial charge on any atom is 0.274 e. The molecule has 0 radical (unpaired) electrons. The van der Waals surface area contributed by atoms with Crippen LogP contribution in [-0.4, -0.2) is 60.0 Å². The molecule has 0 aromatic carbocycles. The molecular formula is C16H26N4O3. The van der Waals surface area contributed by atoms with Gasteiger partial charge in [-0.3, -0.25) is 14.6 Å². The fraction of sp³-hybridized carbons (Fsp3) is 0.625. The van der Waals surface area contributed by atoms with Gasteiger partial charge in [0.25, 0.3) is 5.91 Å². The predicted molar refractivity (Wildman–Crippen MR) is 86.9 cm³/mol. The molecule has 1 aromatic heterocycles. The van der Waals surface area contributed by atoms with Gasteiger partial charge in [-0.2, -0.15) is 0 Å². The first-order valence-corrected chi connectivity index (χ1v) is 7.85. The molecule has 0 aliphatic heterocycles. The van der Waals surface area contributed by atoms with E-state index < -0.39 is 0 Å². The summed E-state index contributed by atoms with van der Waals surface area (Å²) >= 11 is 0. The van der Waals surface area contributed by atoms with Gasteiger partial charge in [-0.25, -0.2) is 4.98 Å². The van der Waals surface area contributed by atoms with Crippen molar-refractivity contribution in [2.45, 2.75) is 26.7 Å². The molecule has 0 spiro atoms. The normalized spacial score (nSPS) is 10.6. The SMILES string of the molecule is COCCCNC(=O)CCN(CC(C)C)C(=O)c1cnccn1. The average Bonchev–Trinajstić information content (AvgIpc) is 2.55. The highest BCUT2D eigenvalue weighted by molar-refractivity contribution is 5.92. The van der Waals surface area contributed by atoms with E-state index in [-0.39, 0.29) is 18.2 Å². The van der Waals surface area contributed by atoms with Gasteiger partial charge in [-0.1, -0.05) is 13.8 Å². The number of hydrogen-bond acceptors (Lipinski definition) is 5. The summed E-state index contributed by atoms with van der Waals surface area (Å²) in [5.74, 6) is 0.0428. The third-order valence-electron chi connectivity index (χ3n) is 3.11. The van der Waals surface area contributed by atoms with Gasteiger partial charge in [0, 0.05) is 52.2 Å². The zero-order valence-corrected chi connectivity index (χ0v) is 14.1. The zero-order chi connectivity index (χ0) is 17.1. The summed E-state index contributed by atoms with van der Waals surface area (Å²) in [6, 6.07) is 0. The summed E-state index contributed by atoms with van der Waals surface area (Å²) in [6.45, 7) is 6.19. The van der Waals surface area contributed by atoms with Gasteiger partial charge in [-0.05, 0) is 12.3 Å². The minimum Gasteiger partial charge on any atom is -0.385 e. The van der Waals surface area contributed by atoms with E-state index in [9.17, 15) is 9.59 Å². The van der Waals surface area contributed by atoms with Crippen LogP contribution < -0.4 is 5.32 Å². The standard InChI is InChI=1S/C16H26N4O3/c1-13(2)12-20(16(22)14-11-17-7-8-18-14)9-5-15(21)19-6-4-10-23-3/h7-8,11,13H,4-6,9-10,12H2,1-3H3,(H,19,21). The van der Waals surface area contributed by atoms with Gasteiger partial charge in [0.05, 0.1) is 6.20 Å². The van der Waals surface area contributed by atoms with Crippen molar-refractivity contribution in [3.63, 3.8) is 0 Å². The molecule has 0 bridgehead atoms. The molecule has 1 N–H and O–H groups in total. The molecule has 1 aromatic rings. The fourth-order valence-electron chi connectivity index (χ4n) is 2.06. The Kier molecular flexibility index (Phi) is 8.82. The van der Waals surface area contributed by atoms with Crippen LogP contribution in [0.1, 0.15) is 37.2 Å². The lowest BCUT2D eigenvalue weighted by Crippen LogP contribution is -2.38. The number of nitrogens with zero attached hydrogens (tertiary/aromatic N) is 3. The summed E-state index contributed by atoms with van der Waals surface area (Å²) in [5, 5.41) is 2.82. The summed E-state index contributed by atoms with van der Waals surface area (Å²) in [4.78, 5) is 33.9. The van der Waals surface area contributed by atoms with Crippen LogP contribution in [0.25, 0.3) is 0 Å². The number of nitrogens with one attached hydrogen (secondary N) is 1. The van der Waals surface area contributed by atoms with Crippen molar-refractivity contribution < 1.29 is 14.3 Å². The molecule has 0 saturated heterocycles. The van der Waals surface area contributed by atoms with E-state index in [1.807, 2.05) is 13.8 Å². The van der Waals surface area contributed by atoms with Crippen LogP contribution >= 0.6 is 0 Å². The van der Waals surface area contributed by atoms with Crippen LogP contribution in [0.4, 0.5) is 0 Å². The average molecular weight is 322 g/mol. The second kappa shape index (κ2) is 10.7. The van der Waals surface area contributed by atoms with E-state index in [0.717, 1.165) is 6.42 Å². The minimum absolute atomic E-state index is 0.0678. The largest absolute Gasteiger partial charge is 0.385 e. The fourth-order valence-corrected chi connectivity index (χ4v) is 2.06. The molecule has 0 unspecified atom stereocenters. The molecule has 23 heavy (non-hydrogen) atoms. The number of rotatable bonds is 10. The molecule has 1 heterocycles. The number of carbonyl (C=O) groups excluding carboxylic acids is 2. The summed E-state index contributed by atoms with van der Waals surface area (Å²) in [6.07, 6.45) is 5.50. The number of methoxy groups -OCH3 is 1. The molecule has 7 heteroatoms. The van der Waals surface area contributed by atoms with Crippen molar-refractivity contribution in [1.82, 2.24) is 20.2 Å².